The third-order valence-electron chi connectivity index (χ3n) is 9.87. The van der Waals surface area contributed by atoms with Crippen molar-refractivity contribution in [1.82, 2.24) is 20.9 Å². The quantitative estimate of drug-likeness (QED) is 0.377. The Balaban J connectivity index is 1.42. The highest BCUT2D eigenvalue weighted by Gasteiger charge is 2.42. The maximum Gasteiger partial charge on any atom is 0.243 e. The number of fused-ring (bicyclic) bond motifs is 4. The van der Waals surface area contributed by atoms with Gasteiger partial charge in [0.05, 0.1) is 25.0 Å². The van der Waals surface area contributed by atoms with Crippen molar-refractivity contribution in [3.8, 4) is 5.75 Å². The van der Waals surface area contributed by atoms with Crippen LogP contribution in [0.5, 0.6) is 5.75 Å². The molecule has 0 radical (unpaired) electrons. The molecular weight excluding hydrogens is 600 g/mol. The summed E-state index contributed by atoms with van der Waals surface area (Å²) < 4.78 is 11.5. The zero-order valence-corrected chi connectivity index (χ0v) is 27.3. The molecule has 11 nitrogen and oxygen atoms in total. The topological polar surface area (TPSA) is 146 Å². The van der Waals surface area contributed by atoms with Crippen molar-refractivity contribution in [3.63, 3.8) is 0 Å². The summed E-state index contributed by atoms with van der Waals surface area (Å²) >= 11 is 0. The van der Waals surface area contributed by atoms with Crippen LogP contribution in [0, 0.1) is 18.3 Å². The zero-order valence-electron chi connectivity index (χ0n) is 27.3. The minimum Gasteiger partial charge on any atom is -0.494 e. The fourth-order valence-corrected chi connectivity index (χ4v) is 6.64. The van der Waals surface area contributed by atoms with E-state index in [1.807, 2.05) is 55.5 Å². The van der Waals surface area contributed by atoms with E-state index in [9.17, 15) is 24.3 Å². The highest BCUT2D eigenvalue weighted by molar-refractivity contribution is 5.96. The SMILES string of the molecule is Cc1ccc2cc1CNC(=O)[C@H](CCc1ccccc1)NC(=O)[C@@H](NC(=O)C1(CO)CCOCC1)CC(=O)N1CCCC(CCO2)C1. The molecule has 0 spiro atoms. The smallest absolute Gasteiger partial charge is 0.243 e. The van der Waals surface area contributed by atoms with Crippen LogP contribution in [-0.2, 0) is 36.9 Å². The number of aliphatic hydroxyl groups is 1. The number of carbonyl (C=O) groups excluding carboxylic acids is 4. The average molecular weight is 649 g/mol. The van der Waals surface area contributed by atoms with Gasteiger partial charge in [-0.2, -0.15) is 0 Å². The maximum atomic E-state index is 14.0. The van der Waals surface area contributed by atoms with E-state index < -0.39 is 35.9 Å². The number of hydrogen-bond donors (Lipinski definition) is 4. The molecule has 4 amide bonds. The summed E-state index contributed by atoms with van der Waals surface area (Å²) in [7, 11) is 0. The molecule has 4 bridgehead atoms. The largest absolute Gasteiger partial charge is 0.494 e. The Morgan fingerprint density at radius 1 is 1.04 bits per heavy atom. The van der Waals surface area contributed by atoms with Gasteiger partial charge in [0.2, 0.25) is 23.6 Å². The Morgan fingerprint density at radius 2 is 1.83 bits per heavy atom. The van der Waals surface area contributed by atoms with E-state index in [0.29, 0.717) is 58.6 Å². The van der Waals surface area contributed by atoms with Crippen LogP contribution in [0.3, 0.4) is 0 Å². The Labute approximate surface area is 276 Å². The fourth-order valence-electron chi connectivity index (χ4n) is 6.64. The second-order valence-corrected chi connectivity index (χ2v) is 13.2. The Hall–Kier alpha value is -3.96. The monoisotopic (exact) mass is 648 g/mol. The molecule has 4 N–H and O–H groups in total. The van der Waals surface area contributed by atoms with Gasteiger partial charge in [0.15, 0.2) is 0 Å². The van der Waals surface area contributed by atoms with Crippen molar-refractivity contribution in [2.75, 3.05) is 39.5 Å². The molecule has 3 heterocycles. The summed E-state index contributed by atoms with van der Waals surface area (Å²) in [6, 6.07) is 13.4. The van der Waals surface area contributed by atoms with Crippen LogP contribution in [0.15, 0.2) is 48.5 Å². The van der Waals surface area contributed by atoms with E-state index in [-0.39, 0.29) is 30.7 Å². The number of benzene rings is 2. The molecule has 254 valence electrons. The molecule has 3 aliphatic heterocycles. The summed E-state index contributed by atoms with van der Waals surface area (Å²) in [6.07, 6.45) is 3.77. The first-order valence-electron chi connectivity index (χ1n) is 16.9. The molecule has 2 aromatic rings. The molecule has 0 aliphatic carbocycles. The Kier molecular flexibility index (Phi) is 11.9. The Bertz CT molecular complexity index is 1390. The van der Waals surface area contributed by atoms with Crippen LogP contribution < -0.4 is 20.7 Å². The summed E-state index contributed by atoms with van der Waals surface area (Å²) in [4.78, 5) is 56.8. The number of hydrogen-bond acceptors (Lipinski definition) is 7. The predicted molar refractivity (Wildman–Crippen MR) is 175 cm³/mol. The summed E-state index contributed by atoms with van der Waals surface area (Å²) in [5, 5.41) is 18.9. The van der Waals surface area contributed by atoms with Crippen molar-refractivity contribution >= 4 is 23.6 Å². The molecule has 3 atom stereocenters. The van der Waals surface area contributed by atoms with Crippen LogP contribution >= 0.6 is 0 Å². The zero-order chi connectivity index (χ0) is 33.2. The van der Waals surface area contributed by atoms with Crippen molar-refractivity contribution in [2.24, 2.45) is 11.3 Å². The molecule has 47 heavy (non-hydrogen) atoms. The van der Waals surface area contributed by atoms with Crippen molar-refractivity contribution in [3.05, 3.63) is 65.2 Å². The third kappa shape index (κ3) is 9.10. The molecule has 2 aromatic carbocycles. The second-order valence-electron chi connectivity index (χ2n) is 13.2. The standard InChI is InChI=1S/C36H48N4O7/c1-25-9-11-29-20-28(25)22-37-33(43)30(12-10-26-6-3-2-4-7-26)38-34(44)31(39-35(45)36(24-41)14-18-46-19-15-36)21-32(42)40-16-5-8-27(23-40)13-17-47-29/h2-4,6-7,9,11,20,27,30-31,41H,5,8,10,12-19,21-24H2,1H3,(H,37,43)(H,38,44)(H,39,45)/t27?,30-,31-/m0/s1. The van der Waals surface area contributed by atoms with E-state index in [1.165, 1.54) is 0 Å². The molecule has 11 heteroatoms. The molecule has 1 unspecified atom stereocenters. The number of nitrogens with zero attached hydrogens (tertiary/aromatic N) is 1. The van der Waals surface area contributed by atoms with Gasteiger partial charge in [0, 0.05) is 32.8 Å². The van der Waals surface area contributed by atoms with E-state index in [4.69, 9.17) is 9.47 Å². The normalized spacial score (nSPS) is 24.2. The number of amides is 4. The van der Waals surface area contributed by atoms with Crippen molar-refractivity contribution < 1.29 is 33.8 Å². The maximum absolute atomic E-state index is 14.0. The molecule has 0 saturated carbocycles. The minimum absolute atomic E-state index is 0.240. The van der Waals surface area contributed by atoms with Crippen LogP contribution in [0.1, 0.15) is 61.6 Å². The highest BCUT2D eigenvalue weighted by atomic mass is 16.5. The molecule has 0 aromatic heterocycles. The average Bonchev–Trinajstić information content (AvgIpc) is 3.10. The van der Waals surface area contributed by atoms with Gasteiger partial charge >= 0.3 is 0 Å². The minimum atomic E-state index is -1.23. The lowest BCUT2D eigenvalue weighted by molar-refractivity contribution is -0.144. The van der Waals surface area contributed by atoms with E-state index in [1.54, 1.807) is 4.90 Å². The van der Waals surface area contributed by atoms with E-state index >= 15 is 0 Å². The lowest BCUT2D eigenvalue weighted by atomic mass is 9.80. The van der Waals surface area contributed by atoms with Gasteiger partial charge in [-0.3, -0.25) is 19.2 Å². The van der Waals surface area contributed by atoms with Gasteiger partial charge in [-0.1, -0.05) is 36.4 Å². The Morgan fingerprint density at radius 3 is 2.60 bits per heavy atom. The van der Waals surface area contributed by atoms with Gasteiger partial charge in [0.25, 0.3) is 0 Å². The lowest BCUT2D eigenvalue weighted by Crippen LogP contribution is -2.58. The van der Waals surface area contributed by atoms with Crippen LogP contribution in [0.25, 0.3) is 0 Å². The van der Waals surface area contributed by atoms with Gasteiger partial charge < -0.3 is 35.4 Å². The lowest BCUT2D eigenvalue weighted by Gasteiger charge is -2.36. The van der Waals surface area contributed by atoms with Crippen LogP contribution in [0.2, 0.25) is 0 Å². The van der Waals surface area contributed by atoms with Gasteiger partial charge in [-0.15, -0.1) is 0 Å². The molecule has 3 aliphatic rings. The number of piperidine rings is 1. The highest BCUT2D eigenvalue weighted by Crippen LogP contribution is 2.31. The number of ether oxygens (including phenoxy) is 2. The number of rotatable bonds is 6. The molecule has 2 saturated heterocycles. The number of aryl methyl sites for hydroxylation is 2. The molecular formula is C36H48N4O7. The van der Waals surface area contributed by atoms with E-state index in [2.05, 4.69) is 16.0 Å². The number of aliphatic hydroxyl groups excluding tert-OH is 1. The van der Waals surface area contributed by atoms with Gasteiger partial charge in [-0.25, -0.2) is 0 Å². The first-order valence-corrected chi connectivity index (χ1v) is 16.9. The second kappa shape index (κ2) is 16.2. The third-order valence-corrected chi connectivity index (χ3v) is 9.87. The molecule has 2 fully saturated rings. The fraction of sp³-hybridized carbons (Fsp3) is 0.556. The van der Waals surface area contributed by atoms with Crippen LogP contribution in [0.4, 0.5) is 0 Å². The first-order chi connectivity index (χ1) is 22.8. The van der Waals surface area contributed by atoms with Crippen molar-refractivity contribution in [2.45, 2.75) is 76.9 Å². The number of carbonyl (C=O) groups is 4. The van der Waals surface area contributed by atoms with Crippen LogP contribution in [-0.4, -0.2) is 85.2 Å². The summed E-state index contributed by atoms with van der Waals surface area (Å²) in [6.45, 7) is 4.06. The first kappa shape index (κ1) is 34.4. The number of nitrogens with one attached hydrogen (secondary N) is 3. The summed E-state index contributed by atoms with van der Waals surface area (Å²) in [5.41, 5.74) is 1.82. The summed E-state index contributed by atoms with van der Waals surface area (Å²) in [5.74, 6) is -0.736. The molecule has 5 rings (SSSR count). The van der Waals surface area contributed by atoms with Gasteiger partial charge in [0.1, 0.15) is 17.8 Å². The van der Waals surface area contributed by atoms with E-state index in [0.717, 1.165) is 41.7 Å². The van der Waals surface area contributed by atoms with Gasteiger partial charge in [-0.05, 0) is 86.6 Å². The van der Waals surface area contributed by atoms with Crippen molar-refractivity contribution in [1.29, 1.82) is 0 Å². The predicted octanol–water partition coefficient (Wildman–Crippen LogP) is 2.41.